The molecule has 0 aliphatic rings. The number of carboxylic acid groups (broad SMARTS) is 2. The molecule has 0 rings (SSSR count). The number of aliphatic carboxylic acids is 2. The van der Waals surface area contributed by atoms with E-state index in [9.17, 15) is 9.59 Å². The molecule has 0 aromatic rings. The molecule has 0 saturated carbocycles. The maximum Gasteiger partial charge on any atom is 0.329 e. The van der Waals surface area contributed by atoms with Gasteiger partial charge in [0.05, 0.1) is 6.61 Å². The minimum Gasteiger partial charge on any atom is -0.480 e. The van der Waals surface area contributed by atoms with Gasteiger partial charge < -0.3 is 19.7 Å². The van der Waals surface area contributed by atoms with Gasteiger partial charge in [0.2, 0.25) is 0 Å². The van der Waals surface area contributed by atoms with Crippen molar-refractivity contribution < 1.29 is 29.3 Å². The molecule has 0 fully saturated rings. The van der Waals surface area contributed by atoms with Crippen LogP contribution in [0.3, 0.4) is 0 Å². The molecule has 0 saturated heterocycles. The van der Waals surface area contributed by atoms with E-state index in [1.54, 1.807) is 0 Å². The lowest BCUT2D eigenvalue weighted by atomic mass is 10.7. The fraction of sp³-hybridized carbons (Fsp3) is 0.500. The molecule has 0 bridgehead atoms. The van der Waals surface area contributed by atoms with Crippen LogP contribution in [0.1, 0.15) is 0 Å². The van der Waals surface area contributed by atoms with Crippen LogP contribution in [0, 0.1) is 6.61 Å². The molecular formula is C6H9O6. The van der Waals surface area contributed by atoms with Gasteiger partial charge in [0.25, 0.3) is 0 Å². The van der Waals surface area contributed by atoms with Crippen LogP contribution in [-0.4, -0.2) is 42.0 Å². The highest BCUT2D eigenvalue weighted by atomic mass is 16.5. The predicted molar refractivity (Wildman–Crippen MR) is 36.3 cm³/mol. The molecule has 0 heterocycles. The van der Waals surface area contributed by atoms with E-state index in [2.05, 4.69) is 9.47 Å². The summed E-state index contributed by atoms with van der Waals surface area (Å²) in [6.07, 6.45) is 0. The van der Waals surface area contributed by atoms with Crippen LogP contribution in [0.5, 0.6) is 0 Å². The van der Waals surface area contributed by atoms with E-state index in [-0.39, 0.29) is 6.61 Å². The second-order valence-corrected chi connectivity index (χ2v) is 1.78. The molecule has 0 aromatic heterocycles. The van der Waals surface area contributed by atoms with Gasteiger partial charge in [-0.15, -0.1) is 0 Å². The molecule has 6 heteroatoms. The van der Waals surface area contributed by atoms with Crippen LogP contribution in [-0.2, 0) is 19.1 Å². The van der Waals surface area contributed by atoms with Gasteiger partial charge in [0.1, 0.15) is 19.8 Å². The fourth-order valence-electron chi connectivity index (χ4n) is 0.373. The molecule has 69 valence electrons. The number of ether oxygens (including phenoxy) is 2. The quantitative estimate of drug-likeness (QED) is 0.502. The molecule has 0 atom stereocenters. The third-order valence-corrected chi connectivity index (χ3v) is 0.736. The van der Waals surface area contributed by atoms with E-state index in [0.717, 1.165) is 6.61 Å². The van der Waals surface area contributed by atoms with E-state index in [1.165, 1.54) is 0 Å². The lowest BCUT2D eigenvalue weighted by Crippen LogP contribution is -2.11. The third-order valence-electron chi connectivity index (χ3n) is 0.736. The van der Waals surface area contributed by atoms with Gasteiger partial charge in [0.15, 0.2) is 0 Å². The van der Waals surface area contributed by atoms with Gasteiger partial charge in [-0.3, -0.25) is 0 Å². The Hall–Kier alpha value is -1.14. The van der Waals surface area contributed by atoms with Crippen molar-refractivity contribution in [3.63, 3.8) is 0 Å². The largest absolute Gasteiger partial charge is 0.480 e. The smallest absolute Gasteiger partial charge is 0.329 e. The summed E-state index contributed by atoms with van der Waals surface area (Å²) >= 11 is 0. The van der Waals surface area contributed by atoms with Gasteiger partial charge in [-0.05, 0) is 0 Å². The van der Waals surface area contributed by atoms with E-state index >= 15 is 0 Å². The van der Waals surface area contributed by atoms with E-state index < -0.39 is 25.2 Å². The molecule has 0 amide bonds. The highest BCUT2D eigenvalue weighted by Gasteiger charge is 1.98. The summed E-state index contributed by atoms with van der Waals surface area (Å²) in [6, 6.07) is 0. The monoisotopic (exact) mass is 177 g/mol. The lowest BCUT2D eigenvalue weighted by molar-refractivity contribution is -0.144. The van der Waals surface area contributed by atoms with Gasteiger partial charge in [0, 0.05) is 0 Å². The first-order valence-corrected chi connectivity index (χ1v) is 3.07. The molecule has 0 aliphatic carbocycles. The molecule has 0 aliphatic heterocycles. The van der Waals surface area contributed by atoms with Gasteiger partial charge in [-0.1, -0.05) is 0 Å². The van der Waals surface area contributed by atoms with Crippen LogP contribution < -0.4 is 0 Å². The summed E-state index contributed by atoms with van der Waals surface area (Å²) in [4.78, 5) is 19.7. The molecule has 0 unspecified atom stereocenters. The highest BCUT2D eigenvalue weighted by molar-refractivity contribution is 5.68. The first-order valence-electron chi connectivity index (χ1n) is 3.07. The van der Waals surface area contributed by atoms with Crippen molar-refractivity contribution in [1.29, 1.82) is 0 Å². The molecule has 2 N–H and O–H groups in total. The predicted octanol–water partition coefficient (Wildman–Crippen LogP) is -0.649. The second-order valence-electron chi connectivity index (χ2n) is 1.78. The minimum absolute atomic E-state index is 0.0421. The summed E-state index contributed by atoms with van der Waals surface area (Å²) in [6.45, 7) is 0.181. The Balaban J connectivity index is 3.01. The van der Waals surface area contributed by atoms with Crippen molar-refractivity contribution in [3.05, 3.63) is 6.61 Å². The van der Waals surface area contributed by atoms with E-state index in [1.807, 2.05) is 0 Å². The van der Waals surface area contributed by atoms with Crippen molar-refractivity contribution in [2.24, 2.45) is 0 Å². The Labute approximate surface area is 68.7 Å². The van der Waals surface area contributed by atoms with Gasteiger partial charge in [-0.25, -0.2) is 9.59 Å². The van der Waals surface area contributed by atoms with Gasteiger partial charge in [-0.2, -0.15) is 0 Å². The van der Waals surface area contributed by atoms with Crippen LogP contribution in [0.25, 0.3) is 0 Å². The van der Waals surface area contributed by atoms with Gasteiger partial charge >= 0.3 is 11.9 Å². The normalized spacial score (nSPS) is 9.67. The summed E-state index contributed by atoms with van der Waals surface area (Å²) in [5.74, 6) is -2.17. The number of carbonyl (C=O) groups is 2. The van der Waals surface area contributed by atoms with Crippen molar-refractivity contribution in [2.45, 2.75) is 0 Å². The van der Waals surface area contributed by atoms with Crippen molar-refractivity contribution in [1.82, 2.24) is 0 Å². The highest BCUT2D eigenvalue weighted by Crippen LogP contribution is 1.84. The zero-order chi connectivity index (χ0) is 9.40. The summed E-state index contributed by atoms with van der Waals surface area (Å²) < 4.78 is 8.94. The second kappa shape index (κ2) is 6.56. The Bertz CT molecular complexity index is 136. The topological polar surface area (TPSA) is 93.1 Å². The minimum atomic E-state index is -1.09. The van der Waals surface area contributed by atoms with Crippen LogP contribution in [0.15, 0.2) is 0 Å². The maximum absolute atomic E-state index is 9.87. The first-order chi connectivity index (χ1) is 5.63. The summed E-state index contributed by atoms with van der Waals surface area (Å²) in [5, 5.41) is 16.2. The molecule has 1 radical (unpaired) electrons. The van der Waals surface area contributed by atoms with E-state index in [4.69, 9.17) is 10.2 Å². The maximum atomic E-state index is 9.87. The SMILES string of the molecule is O=C(O)CO[CH]COCC(=O)O. The number of carboxylic acids is 2. The fourth-order valence-corrected chi connectivity index (χ4v) is 0.373. The molecule has 0 spiro atoms. The van der Waals surface area contributed by atoms with Crippen molar-refractivity contribution >= 4 is 11.9 Å². The van der Waals surface area contributed by atoms with Crippen molar-refractivity contribution in [2.75, 3.05) is 19.8 Å². The number of hydrogen-bond donors (Lipinski definition) is 2. The Morgan fingerprint density at radius 1 is 1.17 bits per heavy atom. The molecule has 6 nitrogen and oxygen atoms in total. The number of rotatable bonds is 7. The Morgan fingerprint density at radius 3 is 2.25 bits per heavy atom. The van der Waals surface area contributed by atoms with Crippen LogP contribution in [0.4, 0.5) is 0 Å². The molecule has 12 heavy (non-hydrogen) atoms. The lowest BCUT2D eigenvalue weighted by Gasteiger charge is -1.99. The Morgan fingerprint density at radius 2 is 1.75 bits per heavy atom. The number of hydrogen-bond acceptors (Lipinski definition) is 4. The average Bonchev–Trinajstić information content (AvgIpc) is 1.95. The zero-order valence-electron chi connectivity index (χ0n) is 6.23. The average molecular weight is 177 g/mol. The Kier molecular flexibility index (Phi) is 5.94. The van der Waals surface area contributed by atoms with Crippen molar-refractivity contribution in [3.8, 4) is 0 Å². The summed E-state index contributed by atoms with van der Waals surface area (Å²) in [5.41, 5.74) is 0. The summed E-state index contributed by atoms with van der Waals surface area (Å²) in [7, 11) is 0. The molecular weight excluding hydrogens is 168 g/mol. The third kappa shape index (κ3) is 8.86. The zero-order valence-corrected chi connectivity index (χ0v) is 6.23. The first kappa shape index (κ1) is 10.9. The standard InChI is InChI=1S/C6H9O6/c7-5(8)3-11-1-2-12-4-6(9)10/h1H,2-4H2,(H,7,8)(H,9,10). The van der Waals surface area contributed by atoms with Crippen LogP contribution >= 0.6 is 0 Å². The van der Waals surface area contributed by atoms with E-state index in [0.29, 0.717) is 0 Å². The van der Waals surface area contributed by atoms with Crippen LogP contribution in [0.2, 0.25) is 0 Å². The molecule has 0 aromatic carbocycles.